The van der Waals surface area contributed by atoms with Gasteiger partial charge in [-0.05, 0) is 25.1 Å². The third-order valence-corrected chi connectivity index (χ3v) is 2.30. The summed E-state index contributed by atoms with van der Waals surface area (Å²) in [7, 11) is 0. The van der Waals surface area contributed by atoms with Crippen molar-refractivity contribution in [3.05, 3.63) is 28.2 Å². The molecule has 1 rings (SSSR count). The molecule has 0 spiro atoms. The van der Waals surface area contributed by atoms with E-state index in [0.29, 0.717) is 4.47 Å². The summed E-state index contributed by atoms with van der Waals surface area (Å²) in [6.45, 7) is 1.72. The van der Waals surface area contributed by atoms with Crippen molar-refractivity contribution in [3.63, 3.8) is 0 Å². The maximum atomic E-state index is 11.4. The highest BCUT2D eigenvalue weighted by Gasteiger charge is 2.16. The standard InChI is InChI=1S/C11H9BrN2O3/c1-2-17-11(16)10(15)14-9-5-8(12)4-3-7(9)6-13/h3-5H,2H2,1H3,(H,14,15). The van der Waals surface area contributed by atoms with Crippen LogP contribution in [0.25, 0.3) is 0 Å². The SMILES string of the molecule is CCOC(=O)C(=O)Nc1cc(Br)ccc1C#N. The lowest BCUT2D eigenvalue weighted by Crippen LogP contribution is -2.25. The number of carbonyl (C=O) groups is 2. The number of nitrogens with zero attached hydrogens (tertiary/aromatic N) is 1. The van der Waals surface area contributed by atoms with Crippen LogP contribution in [-0.2, 0) is 14.3 Å². The van der Waals surface area contributed by atoms with E-state index >= 15 is 0 Å². The van der Waals surface area contributed by atoms with E-state index in [1.165, 1.54) is 12.1 Å². The monoisotopic (exact) mass is 296 g/mol. The first kappa shape index (κ1) is 13.2. The molecule has 6 heteroatoms. The summed E-state index contributed by atoms with van der Waals surface area (Å²) in [5, 5.41) is 11.2. The molecule has 0 bridgehead atoms. The molecule has 88 valence electrons. The average molecular weight is 297 g/mol. The Bertz CT molecular complexity index is 494. The van der Waals surface area contributed by atoms with Crippen molar-refractivity contribution >= 4 is 33.5 Å². The Morgan fingerprint density at radius 3 is 2.82 bits per heavy atom. The number of esters is 1. The highest BCUT2D eigenvalue weighted by molar-refractivity contribution is 9.10. The van der Waals surface area contributed by atoms with E-state index in [1.807, 2.05) is 6.07 Å². The van der Waals surface area contributed by atoms with Crippen LogP contribution >= 0.6 is 15.9 Å². The van der Waals surface area contributed by atoms with Crippen molar-refractivity contribution in [3.8, 4) is 6.07 Å². The minimum atomic E-state index is -0.976. The van der Waals surface area contributed by atoms with Gasteiger partial charge in [0.1, 0.15) is 6.07 Å². The summed E-state index contributed by atoms with van der Waals surface area (Å²) in [6.07, 6.45) is 0. The minimum absolute atomic E-state index is 0.121. The number of nitrogens with one attached hydrogen (secondary N) is 1. The van der Waals surface area contributed by atoms with Gasteiger partial charge in [0.2, 0.25) is 0 Å². The minimum Gasteiger partial charge on any atom is -0.459 e. The highest BCUT2D eigenvalue weighted by Crippen LogP contribution is 2.20. The number of carbonyl (C=O) groups excluding carboxylic acids is 2. The molecule has 0 heterocycles. The second-order valence-electron chi connectivity index (χ2n) is 2.98. The zero-order valence-electron chi connectivity index (χ0n) is 8.99. The van der Waals surface area contributed by atoms with E-state index in [2.05, 4.69) is 26.0 Å². The summed E-state index contributed by atoms with van der Waals surface area (Å²) in [6, 6.07) is 6.65. The van der Waals surface area contributed by atoms with E-state index in [-0.39, 0.29) is 17.9 Å². The number of amides is 1. The Morgan fingerprint density at radius 2 is 2.24 bits per heavy atom. The molecular formula is C11H9BrN2O3. The average Bonchev–Trinajstić information content (AvgIpc) is 2.29. The number of nitriles is 1. The van der Waals surface area contributed by atoms with Crippen LogP contribution in [0.5, 0.6) is 0 Å². The number of benzene rings is 1. The summed E-state index contributed by atoms with van der Waals surface area (Å²) in [5.74, 6) is -1.88. The first-order chi connectivity index (χ1) is 8.08. The maximum Gasteiger partial charge on any atom is 0.397 e. The zero-order chi connectivity index (χ0) is 12.8. The number of hydrogen-bond donors (Lipinski definition) is 1. The van der Waals surface area contributed by atoms with Gasteiger partial charge in [0, 0.05) is 4.47 Å². The lowest BCUT2D eigenvalue weighted by Gasteiger charge is -2.06. The van der Waals surface area contributed by atoms with Crippen LogP contribution in [0.2, 0.25) is 0 Å². The van der Waals surface area contributed by atoms with Gasteiger partial charge in [-0.3, -0.25) is 4.79 Å². The van der Waals surface area contributed by atoms with Gasteiger partial charge < -0.3 is 10.1 Å². The van der Waals surface area contributed by atoms with E-state index < -0.39 is 11.9 Å². The Hall–Kier alpha value is -1.87. The normalized spacial score (nSPS) is 9.24. The van der Waals surface area contributed by atoms with Crippen LogP contribution < -0.4 is 5.32 Å². The molecule has 5 nitrogen and oxygen atoms in total. The summed E-state index contributed by atoms with van der Waals surface area (Å²) >= 11 is 3.21. The molecule has 0 atom stereocenters. The topological polar surface area (TPSA) is 79.2 Å². The summed E-state index contributed by atoms with van der Waals surface area (Å²) in [4.78, 5) is 22.5. The van der Waals surface area contributed by atoms with Crippen molar-refractivity contribution in [1.29, 1.82) is 5.26 Å². The van der Waals surface area contributed by atoms with E-state index in [1.54, 1.807) is 13.0 Å². The summed E-state index contributed by atoms with van der Waals surface area (Å²) in [5.41, 5.74) is 0.533. The van der Waals surface area contributed by atoms with Crippen molar-refractivity contribution in [1.82, 2.24) is 0 Å². The van der Waals surface area contributed by atoms with Crippen LogP contribution in [0.3, 0.4) is 0 Å². The van der Waals surface area contributed by atoms with E-state index in [9.17, 15) is 9.59 Å². The van der Waals surface area contributed by atoms with Crippen molar-refractivity contribution in [2.75, 3.05) is 11.9 Å². The van der Waals surface area contributed by atoms with Gasteiger partial charge in [0.25, 0.3) is 0 Å². The molecule has 1 N–H and O–H groups in total. The van der Waals surface area contributed by atoms with Gasteiger partial charge >= 0.3 is 11.9 Å². The van der Waals surface area contributed by atoms with Crippen LogP contribution in [0.4, 0.5) is 5.69 Å². The second-order valence-corrected chi connectivity index (χ2v) is 3.89. The largest absolute Gasteiger partial charge is 0.459 e. The van der Waals surface area contributed by atoms with Crippen LogP contribution in [0.1, 0.15) is 12.5 Å². The molecule has 0 radical (unpaired) electrons. The predicted octanol–water partition coefficient (Wildman–Crippen LogP) is 1.82. The Labute approximate surface area is 107 Å². The predicted molar refractivity (Wildman–Crippen MR) is 64.1 cm³/mol. The van der Waals surface area contributed by atoms with Gasteiger partial charge in [-0.25, -0.2) is 4.79 Å². The maximum absolute atomic E-state index is 11.4. The molecule has 1 aromatic rings. The Morgan fingerprint density at radius 1 is 1.53 bits per heavy atom. The number of rotatable bonds is 2. The van der Waals surface area contributed by atoms with Gasteiger partial charge in [-0.2, -0.15) is 5.26 Å². The second kappa shape index (κ2) is 6.01. The Balaban J connectivity index is 2.88. The molecular weight excluding hydrogens is 288 g/mol. The fourth-order valence-electron chi connectivity index (χ4n) is 1.09. The third-order valence-electron chi connectivity index (χ3n) is 1.81. The van der Waals surface area contributed by atoms with Crippen LogP contribution in [0, 0.1) is 11.3 Å². The van der Waals surface area contributed by atoms with Crippen molar-refractivity contribution in [2.45, 2.75) is 6.92 Å². The van der Waals surface area contributed by atoms with Gasteiger partial charge in [0.05, 0.1) is 17.9 Å². The molecule has 0 unspecified atom stereocenters. The fourth-order valence-corrected chi connectivity index (χ4v) is 1.45. The quantitative estimate of drug-likeness (QED) is 0.667. The number of hydrogen-bond acceptors (Lipinski definition) is 4. The summed E-state index contributed by atoms with van der Waals surface area (Å²) < 4.78 is 5.22. The molecule has 0 saturated carbocycles. The van der Waals surface area contributed by atoms with Crippen molar-refractivity contribution < 1.29 is 14.3 Å². The molecule has 0 aliphatic heterocycles. The molecule has 1 aromatic carbocycles. The first-order valence-corrected chi connectivity index (χ1v) is 5.55. The molecule has 1 amide bonds. The first-order valence-electron chi connectivity index (χ1n) is 4.76. The van der Waals surface area contributed by atoms with Crippen molar-refractivity contribution in [2.24, 2.45) is 0 Å². The van der Waals surface area contributed by atoms with Gasteiger partial charge in [-0.15, -0.1) is 0 Å². The number of anilines is 1. The lowest BCUT2D eigenvalue weighted by atomic mass is 10.2. The molecule has 0 aliphatic carbocycles. The van der Waals surface area contributed by atoms with Gasteiger partial charge in [-0.1, -0.05) is 15.9 Å². The van der Waals surface area contributed by atoms with Gasteiger partial charge in [0.15, 0.2) is 0 Å². The zero-order valence-corrected chi connectivity index (χ0v) is 10.6. The Kier molecular flexibility index (Phi) is 4.67. The smallest absolute Gasteiger partial charge is 0.397 e. The van der Waals surface area contributed by atoms with E-state index in [0.717, 1.165) is 0 Å². The molecule has 17 heavy (non-hydrogen) atoms. The number of halogens is 1. The molecule has 0 aliphatic rings. The highest BCUT2D eigenvalue weighted by atomic mass is 79.9. The molecule has 0 aromatic heterocycles. The van der Waals surface area contributed by atoms with Crippen LogP contribution in [-0.4, -0.2) is 18.5 Å². The third kappa shape index (κ3) is 3.57. The van der Waals surface area contributed by atoms with Crippen LogP contribution in [0.15, 0.2) is 22.7 Å². The number of ether oxygens (including phenoxy) is 1. The molecule has 0 saturated heterocycles. The molecule has 0 fully saturated rings. The lowest BCUT2D eigenvalue weighted by molar-refractivity contribution is -0.152. The fraction of sp³-hybridized carbons (Fsp3) is 0.182. The van der Waals surface area contributed by atoms with E-state index in [4.69, 9.17) is 5.26 Å².